The quantitative estimate of drug-likeness (QED) is 0.788. The first-order valence-electron chi connectivity index (χ1n) is 7.19. The fourth-order valence-electron chi connectivity index (χ4n) is 2.36. The van der Waals surface area contributed by atoms with Gasteiger partial charge in [-0.3, -0.25) is 9.59 Å². The van der Waals surface area contributed by atoms with Crippen molar-refractivity contribution in [2.24, 2.45) is 0 Å². The lowest BCUT2D eigenvalue weighted by Crippen LogP contribution is -2.27. The number of imide groups is 1. The Morgan fingerprint density at radius 1 is 0.958 bits per heavy atom. The zero-order chi connectivity index (χ0) is 17.1. The average Bonchev–Trinajstić information content (AvgIpc) is 2.89. The summed E-state index contributed by atoms with van der Waals surface area (Å²) in [6, 6.07) is 14.2. The van der Waals surface area contributed by atoms with E-state index in [4.69, 9.17) is 9.47 Å². The molecule has 0 saturated carbocycles. The summed E-state index contributed by atoms with van der Waals surface area (Å²) in [4.78, 5) is 26.3. The maximum absolute atomic E-state index is 12.6. The lowest BCUT2D eigenvalue weighted by molar-refractivity contribution is -0.113. The highest BCUT2D eigenvalue weighted by molar-refractivity contribution is 8.19. The van der Waals surface area contributed by atoms with Crippen LogP contribution in [0.5, 0.6) is 11.5 Å². The van der Waals surface area contributed by atoms with Crippen molar-refractivity contribution < 1.29 is 19.1 Å². The zero-order valence-electron chi connectivity index (χ0n) is 13.2. The van der Waals surface area contributed by atoms with Crippen molar-refractivity contribution in [3.05, 3.63) is 59.0 Å². The average molecular weight is 341 g/mol. The predicted octanol–water partition coefficient (Wildman–Crippen LogP) is 3.94. The molecular formula is C18H15NO4S. The van der Waals surface area contributed by atoms with Crippen LogP contribution in [0.25, 0.3) is 6.08 Å². The van der Waals surface area contributed by atoms with E-state index in [1.807, 2.05) is 6.07 Å². The van der Waals surface area contributed by atoms with Gasteiger partial charge in [-0.1, -0.05) is 24.3 Å². The molecule has 1 heterocycles. The highest BCUT2D eigenvalue weighted by atomic mass is 32.2. The monoisotopic (exact) mass is 341 g/mol. The zero-order valence-corrected chi connectivity index (χ0v) is 14.0. The fraction of sp³-hybridized carbons (Fsp3) is 0.111. The second kappa shape index (κ2) is 6.80. The minimum Gasteiger partial charge on any atom is -0.493 e. The topological polar surface area (TPSA) is 55.8 Å². The van der Waals surface area contributed by atoms with Gasteiger partial charge in [0.15, 0.2) is 11.5 Å². The van der Waals surface area contributed by atoms with Crippen molar-refractivity contribution in [3.63, 3.8) is 0 Å². The highest BCUT2D eigenvalue weighted by Gasteiger charge is 2.36. The molecule has 2 aromatic rings. The number of methoxy groups -OCH3 is 2. The third-order valence-electron chi connectivity index (χ3n) is 3.51. The van der Waals surface area contributed by atoms with Crippen LogP contribution in [0.3, 0.4) is 0 Å². The number of anilines is 1. The smallest absolute Gasteiger partial charge is 0.298 e. The van der Waals surface area contributed by atoms with Crippen molar-refractivity contribution in [2.45, 2.75) is 0 Å². The van der Waals surface area contributed by atoms with Gasteiger partial charge in [0.25, 0.3) is 11.1 Å². The first-order valence-corrected chi connectivity index (χ1v) is 8.00. The fourth-order valence-corrected chi connectivity index (χ4v) is 3.20. The van der Waals surface area contributed by atoms with Gasteiger partial charge < -0.3 is 9.47 Å². The summed E-state index contributed by atoms with van der Waals surface area (Å²) in [5.41, 5.74) is 1.32. The number of nitrogens with zero attached hydrogens (tertiary/aromatic N) is 1. The van der Waals surface area contributed by atoms with Crippen molar-refractivity contribution in [3.8, 4) is 11.5 Å². The maximum Gasteiger partial charge on any atom is 0.298 e. The SMILES string of the molecule is COc1ccc(/C=C2\SC(=O)N(c3ccccc3)C2=O)cc1OC. The van der Waals surface area contributed by atoms with Crippen molar-refractivity contribution in [2.75, 3.05) is 19.1 Å². The Hall–Kier alpha value is -2.73. The molecule has 2 aromatic carbocycles. The van der Waals surface area contributed by atoms with Gasteiger partial charge in [-0.05, 0) is 47.7 Å². The second-order valence-corrected chi connectivity index (χ2v) is 5.96. The summed E-state index contributed by atoms with van der Waals surface area (Å²) >= 11 is 0.921. The van der Waals surface area contributed by atoms with Crippen LogP contribution in [0.4, 0.5) is 10.5 Å². The molecule has 0 aromatic heterocycles. The molecule has 1 fully saturated rings. The molecular weight excluding hydrogens is 326 g/mol. The summed E-state index contributed by atoms with van der Waals surface area (Å²) in [7, 11) is 3.10. The first kappa shape index (κ1) is 16.1. The van der Waals surface area contributed by atoms with Crippen LogP contribution in [0.2, 0.25) is 0 Å². The van der Waals surface area contributed by atoms with E-state index in [1.54, 1.807) is 62.8 Å². The second-order valence-electron chi connectivity index (χ2n) is 4.97. The normalized spacial score (nSPS) is 15.9. The van der Waals surface area contributed by atoms with E-state index in [2.05, 4.69) is 0 Å². The van der Waals surface area contributed by atoms with Crippen LogP contribution in [-0.4, -0.2) is 25.4 Å². The van der Waals surface area contributed by atoms with Gasteiger partial charge in [-0.25, -0.2) is 4.90 Å². The van der Waals surface area contributed by atoms with Crippen LogP contribution in [-0.2, 0) is 4.79 Å². The van der Waals surface area contributed by atoms with Gasteiger partial charge in [-0.2, -0.15) is 0 Å². The Morgan fingerprint density at radius 3 is 2.33 bits per heavy atom. The predicted molar refractivity (Wildman–Crippen MR) is 94.4 cm³/mol. The number of ether oxygens (including phenoxy) is 2. The molecule has 0 N–H and O–H groups in total. The van der Waals surface area contributed by atoms with Crippen LogP contribution in [0.15, 0.2) is 53.4 Å². The number of para-hydroxylation sites is 1. The Labute approximate surface area is 143 Å². The van der Waals surface area contributed by atoms with E-state index in [0.29, 0.717) is 22.1 Å². The van der Waals surface area contributed by atoms with E-state index in [-0.39, 0.29) is 11.1 Å². The summed E-state index contributed by atoms with van der Waals surface area (Å²) in [5, 5.41) is -0.307. The molecule has 0 unspecified atom stereocenters. The van der Waals surface area contributed by atoms with E-state index in [9.17, 15) is 9.59 Å². The largest absolute Gasteiger partial charge is 0.493 e. The summed E-state index contributed by atoms with van der Waals surface area (Å²) < 4.78 is 10.5. The van der Waals surface area contributed by atoms with Crippen molar-refractivity contribution in [1.82, 2.24) is 0 Å². The Bertz CT molecular complexity index is 817. The molecule has 0 spiro atoms. The Kier molecular flexibility index (Phi) is 4.57. The molecule has 0 radical (unpaired) electrons. The third-order valence-corrected chi connectivity index (χ3v) is 4.38. The molecule has 0 aliphatic carbocycles. The molecule has 24 heavy (non-hydrogen) atoms. The van der Waals surface area contributed by atoms with Crippen LogP contribution in [0, 0.1) is 0 Å². The minimum absolute atomic E-state index is 0.307. The molecule has 0 bridgehead atoms. The van der Waals surface area contributed by atoms with Crippen LogP contribution >= 0.6 is 11.8 Å². The summed E-state index contributed by atoms with van der Waals surface area (Å²) in [5.74, 6) is 0.839. The number of amides is 2. The molecule has 2 amide bonds. The molecule has 6 heteroatoms. The van der Waals surface area contributed by atoms with E-state index < -0.39 is 0 Å². The molecule has 1 saturated heterocycles. The molecule has 0 atom stereocenters. The van der Waals surface area contributed by atoms with Crippen LogP contribution in [0.1, 0.15) is 5.56 Å². The molecule has 1 aliphatic rings. The number of hydrogen-bond donors (Lipinski definition) is 0. The lowest BCUT2D eigenvalue weighted by atomic mass is 10.2. The summed E-state index contributed by atoms with van der Waals surface area (Å²) in [6.45, 7) is 0. The van der Waals surface area contributed by atoms with E-state index >= 15 is 0 Å². The number of rotatable bonds is 4. The summed E-state index contributed by atoms with van der Waals surface area (Å²) in [6.07, 6.45) is 1.68. The van der Waals surface area contributed by atoms with E-state index in [0.717, 1.165) is 17.3 Å². The van der Waals surface area contributed by atoms with Gasteiger partial charge in [0.1, 0.15) is 0 Å². The number of carbonyl (C=O) groups is 2. The number of hydrogen-bond acceptors (Lipinski definition) is 5. The van der Waals surface area contributed by atoms with Gasteiger partial charge in [0, 0.05) is 0 Å². The van der Waals surface area contributed by atoms with Gasteiger partial charge >= 0.3 is 0 Å². The highest BCUT2D eigenvalue weighted by Crippen LogP contribution is 2.36. The minimum atomic E-state index is -0.328. The number of benzene rings is 2. The standard InChI is InChI=1S/C18H15NO4S/c1-22-14-9-8-12(10-15(14)23-2)11-16-17(20)19(18(21)24-16)13-6-4-3-5-7-13/h3-11H,1-2H3/b16-11-. The van der Waals surface area contributed by atoms with Gasteiger partial charge in [0.05, 0.1) is 24.8 Å². The molecule has 1 aliphatic heterocycles. The van der Waals surface area contributed by atoms with Gasteiger partial charge in [0.2, 0.25) is 0 Å². The third kappa shape index (κ3) is 3.00. The van der Waals surface area contributed by atoms with Crippen LogP contribution < -0.4 is 14.4 Å². The maximum atomic E-state index is 12.6. The van der Waals surface area contributed by atoms with Crippen molar-refractivity contribution >= 4 is 34.7 Å². The lowest BCUT2D eigenvalue weighted by Gasteiger charge is -2.11. The first-order chi connectivity index (χ1) is 11.6. The number of carbonyl (C=O) groups excluding carboxylic acids is 2. The Balaban J connectivity index is 1.92. The van der Waals surface area contributed by atoms with Crippen molar-refractivity contribution in [1.29, 1.82) is 0 Å². The molecule has 5 nitrogen and oxygen atoms in total. The molecule has 122 valence electrons. The Morgan fingerprint density at radius 2 is 1.67 bits per heavy atom. The molecule has 3 rings (SSSR count). The van der Waals surface area contributed by atoms with Gasteiger partial charge in [-0.15, -0.1) is 0 Å². The van der Waals surface area contributed by atoms with E-state index in [1.165, 1.54) is 4.90 Å². The number of thioether (sulfide) groups is 1.